The highest BCUT2D eigenvalue weighted by Gasteiger charge is 2.24. The van der Waals surface area contributed by atoms with Crippen LogP contribution >= 0.6 is 0 Å². The van der Waals surface area contributed by atoms with Crippen molar-refractivity contribution in [1.82, 2.24) is 0 Å². The normalized spacial score (nSPS) is 9.94. The molecule has 1 rings (SSSR count). The molecule has 16 heavy (non-hydrogen) atoms. The maximum absolute atomic E-state index is 11.0. The highest BCUT2D eigenvalue weighted by atomic mass is 16.6. The van der Waals surface area contributed by atoms with E-state index in [9.17, 15) is 14.9 Å². The number of rotatable bonds is 3. The predicted molar refractivity (Wildman–Crippen MR) is 59.1 cm³/mol. The minimum Gasteiger partial charge on any atom is -0.477 e. The van der Waals surface area contributed by atoms with Gasteiger partial charge in [0.2, 0.25) is 0 Å². The maximum atomic E-state index is 11.0. The van der Waals surface area contributed by atoms with E-state index in [1.54, 1.807) is 32.0 Å². The minimum atomic E-state index is -1.28. The summed E-state index contributed by atoms with van der Waals surface area (Å²) in [4.78, 5) is 22.7. The maximum Gasteiger partial charge on any atom is 0.343 e. The monoisotopic (exact) mass is 224 g/mol. The third kappa shape index (κ3) is 1.95. The summed E-state index contributed by atoms with van der Waals surface area (Å²) in [5.74, 6) is -1.28. The molecule has 0 heterocycles. The Balaban J connectivity index is 3.54. The highest BCUT2D eigenvalue weighted by Crippen LogP contribution is 2.29. The van der Waals surface area contributed by atoms with Crippen LogP contribution < -0.4 is 4.90 Å². The van der Waals surface area contributed by atoms with E-state index >= 15 is 0 Å². The molecule has 0 saturated carbocycles. The van der Waals surface area contributed by atoms with E-state index in [4.69, 9.17) is 5.11 Å². The van der Waals surface area contributed by atoms with Gasteiger partial charge in [-0.3, -0.25) is 10.1 Å². The smallest absolute Gasteiger partial charge is 0.343 e. The first-order chi connectivity index (χ1) is 7.36. The Morgan fingerprint density at radius 2 is 2.00 bits per heavy atom. The van der Waals surface area contributed by atoms with Crippen LogP contribution in [0.25, 0.3) is 0 Å². The average Bonchev–Trinajstić information content (AvgIpc) is 2.15. The standard InChI is InChI=1S/C10H12N2O4/c1-6-7(11(2)3)4-5-8(12(15)16)9(6)10(13)14/h4-5H,1-3H3,(H,13,14). The third-order valence-corrected chi connectivity index (χ3v) is 2.31. The second-order valence-electron chi connectivity index (χ2n) is 3.56. The number of benzene rings is 1. The lowest BCUT2D eigenvalue weighted by Crippen LogP contribution is -2.14. The van der Waals surface area contributed by atoms with Gasteiger partial charge in [-0.15, -0.1) is 0 Å². The van der Waals surface area contributed by atoms with Gasteiger partial charge in [0.25, 0.3) is 5.69 Å². The molecule has 0 aliphatic rings. The van der Waals surface area contributed by atoms with E-state index in [1.165, 1.54) is 6.07 Å². The number of aromatic carboxylic acids is 1. The number of carboxylic acid groups (broad SMARTS) is 1. The van der Waals surface area contributed by atoms with E-state index in [1.807, 2.05) is 0 Å². The van der Waals surface area contributed by atoms with Gasteiger partial charge in [0.15, 0.2) is 0 Å². The number of nitrogens with zero attached hydrogens (tertiary/aromatic N) is 2. The molecule has 1 N–H and O–H groups in total. The van der Waals surface area contributed by atoms with E-state index in [0.717, 1.165) is 0 Å². The number of carbonyl (C=O) groups is 1. The fourth-order valence-corrected chi connectivity index (χ4v) is 1.59. The average molecular weight is 224 g/mol. The van der Waals surface area contributed by atoms with Crippen LogP contribution in [0.2, 0.25) is 0 Å². The van der Waals surface area contributed by atoms with Gasteiger partial charge in [-0.1, -0.05) is 0 Å². The number of hydrogen-bond donors (Lipinski definition) is 1. The van der Waals surface area contributed by atoms with E-state index < -0.39 is 10.9 Å². The van der Waals surface area contributed by atoms with Gasteiger partial charge in [0.05, 0.1) is 4.92 Å². The predicted octanol–water partition coefficient (Wildman–Crippen LogP) is 1.67. The molecule has 0 amide bonds. The first-order valence-electron chi connectivity index (χ1n) is 4.55. The molecule has 6 nitrogen and oxygen atoms in total. The highest BCUT2D eigenvalue weighted by molar-refractivity contribution is 5.96. The zero-order valence-electron chi connectivity index (χ0n) is 9.22. The molecule has 0 saturated heterocycles. The van der Waals surface area contributed by atoms with Crippen LogP contribution in [0.1, 0.15) is 15.9 Å². The number of anilines is 1. The van der Waals surface area contributed by atoms with Crippen molar-refractivity contribution in [2.45, 2.75) is 6.92 Å². The summed E-state index contributed by atoms with van der Waals surface area (Å²) in [6.07, 6.45) is 0. The Morgan fingerprint density at radius 3 is 2.38 bits per heavy atom. The second-order valence-corrected chi connectivity index (χ2v) is 3.56. The Bertz CT molecular complexity index is 454. The Hall–Kier alpha value is -2.11. The van der Waals surface area contributed by atoms with Crippen LogP contribution in [0.3, 0.4) is 0 Å². The minimum absolute atomic E-state index is 0.254. The number of nitro groups is 1. The van der Waals surface area contributed by atoms with E-state index in [0.29, 0.717) is 11.3 Å². The molecule has 0 bridgehead atoms. The van der Waals surface area contributed by atoms with Crippen molar-refractivity contribution in [2.24, 2.45) is 0 Å². The summed E-state index contributed by atoms with van der Waals surface area (Å²) in [6, 6.07) is 2.76. The lowest BCUT2D eigenvalue weighted by Gasteiger charge is -2.16. The Morgan fingerprint density at radius 1 is 1.44 bits per heavy atom. The molecule has 0 unspecified atom stereocenters. The summed E-state index contributed by atoms with van der Waals surface area (Å²) in [5.41, 5.74) is 0.418. The van der Waals surface area contributed by atoms with Gasteiger partial charge >= 0.3 is 5.97 Å². The Labute approximate surface area is 92.3 Å². The van der Waals surface area contributed by atoms with Crippen LogP contribution in [0.5, 0.6) is 0 Å². The molecular formula is C10H12N2O4. The molecule has 0 fully saturated rings. The molecule has 0 aromatic heterocycles. The van der Waals surface area contributed by atoms with Crippen LogP contribution in [0, 0.1) is 17.0 Å². The molecular weight excluding hydrogens is 212 g/mol. The van der Waals surface area contributed by atoms with Crippen LogP contribution in [-0.4, -0.2) is 30.1 Å². The second kappa shape index (κ2) is 4.18. The van der Waals surface area contributed by atoms with Crippen molar-refractivity contribution in [1.29, 1.82) is 0 Å². The number of nitro benzene ring substituents is 1. The van der Waals surface area contributed by atoms with Crippen molar-refractivity contribution in [3.8, 4) is 0 Å². The van der Waals surface area contributed by atoms with Crippen molar-refractivity contribution in [3.63, 3.8) is 0 Å². The van der Waals surface area contributed by atoms with Gasteiger partial charge in [-0.05, 0) is 18.6 Å². The van der Waals surface area contributed by atoms with E-state index in [-0.39, 0.29) is 11.3 Å². The quantitative estimate of drug-likeness (QED) is 0.623. The van der Waals surface area contributed by atoms with Crippen LogP contribution in [0.15, 0.2) is 12.1 Å². The molecule has 86 valence electrons. The summed E-state index contributed by atoms with van der Waals surface area (Å²) < 4.78 is 0. The topological polar surface area (TPSA) is 83.7 Å². The summed E-state index contributed by atoms with van der Waals surface area (Å²) in [6.45, 7) is 1.56. The fraction of sp³-hybridized carbons (Fsp3) is 0.300. The molecule has 6 heteroatoms. The third-order valence-electron chi connectivity index (χ3n) is 2.31. The van der Waals surface area contributed by atoms with Gasteiger partial charge in [-0.2, -0.15) is 0 Å². The van der Waals surface area contributed by atoms with Gasteiger partial charge in [-0.25, -0.2) is 4.79 Å². The molecule has 0 radical (unpaired) electrons. The van der Waals surface area contributed by atoms with Crippen LogP contribution in [0.4, 0.5) is 11.4 Å². The van der Waals surface area contributed by atoms with E-state index in [2.05, 4.69) is 0 Å². The van der Waals surface area contributed by atoms with Gasteiger partial charge < -0.3 is 10.0 Å². The first kappa shape index (κ1) is 12.0. The first-order valence-corrected chi connectivity index (χ1v) is 4.55. The van der Waals surface area contributed by atoms with Gasteiger partial charge in [0, 0.05) is 25.8 Å². The van der Waals surface area contributed by atoms with Crippen molar-refractivity contribution in [2.75, 3.05) is 19.0 Å². The Kier molecular flexibility index (Phi) is 3.12. The molecule has 0 atom stereocenters. The van der Waals surface area contributed by atoms with Crippen LogP contribution in [-0.2, 0) is 0 Å². The number of carboxylic acids is 1. The molecule has 1 aromatic rings. The zero-order valence-corrected chi connectivity index (χ0v) is 9.22. The molecule has 0 spiro atoms. The van der Waals surface area contributed by atoms with Gasteiger partial charge in [0.1, 0.15) is 5.56 Å². The lowest BCUT2D eigenvalue weighted by atomic mass is 10.0. The number of hydrogen-bond acceptors (Lipinski definition) is 4. The summed E-state index contributed by atoms with van der Waals surface area (Å²) in [7, 11) is 3.50. The lowest BCUT2D eigenvalue weighted by molar-refractivity contribution is -0.385. The molecule has 1 aromatic carbocycles. The molecule has 0 aliphatic carbocycles. The summed E-state index contributed by atoms with van der Waals surface area (Å²) >= 11 is 0. The molecule has 0 aliphatic heterocycles. The van der Waals surface area contributed by atoms with Crippen molar-refractivity contribution in [3.05, 3.63) is 33.4 Å². The van der Waals surface area contributed by atoms with Crippen molar-refractivity contribution < 1.29 is 14.8 Å². The van der Waals surface area contributed by atoms with Crippen molar-refractivity contribution >= 4 is 17.3 Å². The zero-order chi connectivity index (χ0) is 12.5. The summed E-state index contributed by atoms with van der Waals surface area (Å²) in [5, 5.41) is 19.7. The largest absolute Gasteiger partial charge is 0.477 e. The fourth-order valence-electron chi connectivity index (χ4n) is 1.59. The SMILES string of the molecule is Cc1c(N(C)C)ccc([N+](=O)[O-])c1C(=O)O.